The first-order valence-electron chi connectivity index (χ1n) is 9.24. The van der Waals surface area contributed by atoms with Crippen molar-refractivity contribution >= 4 is 23.7 Å². The first kappa shape index (κ1) is 19.0. The zero-order valence-corrected chi connectivity index (χ0v) is 16.0. The number of amides is 3. The Morgan fingerprint density at radius 3 is 2.58 bits per heavy atom. The Bertz CT molecular complexity index is 656. The molecule has 1 aromatic carbocycles. The summed E-state index contributed by atoms with van der Waals surface area (Å²) in [7, 11) is 0. The van der Waals surface area contributed by atoms with Crippen LogP contribution in [0.4, 0.5) is 9.18 Å². The molecule has 0 aromatic heterocycles. The summed E-state index contributed by atoms with van der Waals surface area (Å²) in [6.07, 6.45) is 3.68. The summed E-state index contributed by atoms with van der Waals surface area (Å²) in [5, 5.41) is 3.55. The Balaban J connectivity index is 1.46. The van der Waals surface area contributed by atoms with Gasteiger partial charge in [-0.25, -0.2) is 9.18 Å². The standard InChI is InChI=1S/C19H26FN3O2S/c1-14-5-6-15(12-17(14)20)18(24)22-7-9-23(10-8-22)19(25)21-13-16-4-2-3-11-26-16/h5-6,12,16H,2-4,7-11,13H2,1H3,(H,21,25). The van der Waals surface area contributed by atoms with E-state index in [9.17, 15) is 14.0 Å². The highest BCUT2D eigenvalue weighted by Gasteiger charge is 2.25. The number of carbonyl (C=O) groups excluding carboxylic acids is 2. The molecule has 2 aliphatic rings. The molecule has 0 bridgehead atoms. The molecular formula is C19H26FN3O2S. The Kier molecular flexibility index (Phi) is 6.40. The van der Waals surface area contributed by atoms with Crippen LogP contribution < -0.4 is 5.32 Å². The van der Waals surface area contributed by atoms with Crippen LogP contribution in [-0.2, 0) is 0 Å². The Hall–Kier alpha value is -1.76. The molecule has 7 heteroatoms. The Morgan fingerprint density at radius 2 is 1.92 bits per heavy atom. The van der Waals surface area contributed by atoms with Gasteiger partial charge in [-0.15, -0.1) is 0 Å². The second-order valence-electron chi connectivity index (χ2n) is 6.92. The quantitative estimate of drug-likeness (QED) is 0.879. The van der Waals surface area contributed by atoms with Crippen LogP contribution in [0, 0.1) is 12.7 Å². The summed E-state index contributed by atoms with van der Waals surface area (Å²) in [5.74, 6) is 0.637. The van der Waals surface area contributed by atoms with Crippen molar-refractivity contribution in [3.05, 3.63) is 35.1 Å². The average Bonchev–Trinajstić information content (AvgIpc) is 2.68. The minimum absolute atomic E-state index is 0.0512. The van der Waals surface area contributed by atoms with Gasteiger partial charge in [-0.05, 0) is 43.2 Å². The van der Waals surface area contributed by atoms with Crippen molar-refractivity contribution in [2.24, 2.45) is 0 Å². The lowest BCUT2D eigenvalue weighted by molar-refractivity contribution is 0.0664. The smallest absolute Gasteiger partial charge is 0.317 e. The molecule has 1 N–H and O–H groups in total. The molecular weight excluding hydrogens is 353 g/mol. The van der Waals surface area contributed by atoms with Gasteiger partial charge in [0.05, 0.1) is 0 Å². The van der Waals surface area contributed by atoms with Crippen LogP contribution >= 0.6 is 11.8 Å². The highest BCUT2D eigenvalue weighted by molar-refractivity contribution is 7.99. The number of nitrogens with one attached hydrogen (secondary N) is 1. The molecule has 0 radical (unpaired) electrons. The molecule has 2 saturated heterocycles. The number of rotatable bonds is 3. The summed E-state index contributed by atoms with van der Waals surface area (Å²) in [4.78, 5) is 28.3. The third-order valence-corrected chi connectivity index (χ3v) is 6.43. The number of nitrogens with zero attached hydrogens (tertiary/aromatic N) is 2. The number of urea groups is 1. The highest BCUT2D eigenvalue weighted by atomic mass is 32.2. The summed E-state index contributed by atoms with van der Waals surface area (Å²) >= 11 is 1.94. The zero-order valence-electron chi connectivity index (χ0n) is 15.2. The molecule has 0 aliphatic carbocycles. The van der Waals surface area contributed by atoms with E-state index in [-0.39, 0.29) is 17.8 Å². The molecule has 0 saturated carbocycles. The fourth-order valence-corrected chi connectivity index (χ4v) is 4.54. The maximum atomic E-state index is 13.7. The molecule has 142 valence electrons. The van der Waals surface area contributed by atoms with Crippen molar-refractivity contribution in [1.82, 2.24) is 15.1 Å². The van der Waals surface area contributed by atoms with E-state index >= 15 is 0 Å². The van der Waals surface area contributed by atoms with E-state index in [0.717, 1.165) is 0 Å². The van der Waals surface area contributed by atoms with Crippen molar-refractivity contribution in [2.45, 2.75) is 31.4 Å². The molecule has 2 aliphatic heterocycles. The number of halogens is 1. The third-order valence-electron chi connectivity index (χ3n) is 5.03. The van der Waals surface area contributed by atoms with Crippen LogP contribution in [0.3, 0.4) is 0 Å². The first-order chi connectivity index (χ1) is 12.5. The molecule has 0 spiro atoms. The molecule has 3 rings (SSSR count). The van der Waals surface area contributed by atoms with Crippen molar-refractivity contribution in [2.75, 3.05) is 38.5 Å². The van der Waals surface area contributed by atoms with Crippen LogP contribution in [-0.4, -0.2) is 65.5 Å². The minimum atomic E-state index is -0.366. The lowest BCUT2D eigenvalue weighted by atomic mass is 10.1. The molecule has 1 atom stereocenters. The number of piperazine rings is 1. The van der Waals surface area contributed by atoms with Crippen LogP contribution in [0.15, 0.2) is 18.2 Å². The molecule has 3 amide bonds. The minimum Gasteiger partial charge on any atom is -0.337 e. The largest absolute Gasteiger partial charge is 0.337 e. The molecule has 2 fully saturated rings. The van der Waals surface area contributed by atoms with Gasteiger partial charge in [0.1, 0.15) is 5.82 Å². The van der Waals surface area contributed by atoms with E-state index in [1.807, 2.05) is 11.8 Å². The van der Waals surface area contributed by atoms with Gasteiger partial charge in [-0.1, -0.05) is 12.5 Å². The summed E-state index contributed by atoms with van der Waals surface area (Å²) in [6.45, 7) is 4.34. The number of hydrogen-bond acceptors (Lipinski definition) is 3. The second kappa shape index (κ2) is 8.75. The van der Waals surface area contributed by atoms with Gasteiger partial charge < -0.3 is 15.1 Å². The van der Waals surface area contributed by atoms with Crippen molar-refractivity contribution in [3.8, 4) is 0 Å². The van der Waals surface area contributed by atoms with E-state index in [1.54, 1.807) is 28.9 Å². The topological polar surface area (TPSA) is 52.7 Å². The SMILES string of the molecule is Cc1ccc(C(=O)N2CCN(C(=O)NCC3CCCCS3)CC2)cc1F. The van der Waals surface area contributed by atoms with E-state index in [2.05, 4.69) is 5.32 Å². The number of aryl methyl sites for hydroxylation is 1. The molecule has 1 aromatic rings. The maximum Gasteiger partial charge on any atom is 0.317 e. The second-order valence-corrected chi connectivity index (χ2v) is 8.33. The van der Waals surface area contributed by atoms with Gasteiger partial charge in [0.2, 0.25) is 0 Å². The van der Waals surface area contributed by atoms with Gasteiger partial charge in [0.15, 0.2) is 0 Å². The molecule has 26 heavy (non-hydrogen) atoms. The van der Waals surface area contributed by atoms with E-state index in [1.165, 1.54) is 31.1 Å². The van der Waals surface area contributed by atoms with Gasteiger partial charge in [-0.3, -0.25) is 4.79 Å². The van der Waals surface area contributed by atoms with Gasteiger partial charge >= 0.3 is 6.03 Å². The molecule has 5 nitrogen and oxygen atoms in total. The van der Waals surface area contributed by atoms with Crippen LogP contribution in [0.5, 0.6) is 0 Å². The van der Waals surface area contributed by atoms with Gasteiger partial charge in [0.25, 0.3) is 5.91 Å². The maximum absolute atomic E-state index is 13.7. The van der Waals surface area contributed by atoms with Crippen LogP contribution in [0.25, 0.3) is 0 Å². The normalized spacial score (nSPS) is 20.8. The average molecular weight is 380 g/mol. The Labute approximate surface area is 158 Å². The van der Waals surface area contributed by atoms with Crippen LogP contribution in [0.1, 0.15) is 35.2 Å². The number of carbonyl (C=O) groups is 2. The predicted octanol–water partition coefficient (Wildman–Crippen LogP) is 2.89. The first-order valence-corrected chi connectivity index (χ1v) is 10.3. The lowest BCUT2D eigenvalue weighted by Gasteiger charge is -2.35. The summed E-state index contributed by atoms with van der Waals surface area (Å²) < 4.78 is 13.7. The van der Waals surface area contributed by atoms with E-state index in [4.69, 9.17) is 0 Å². The zero-order chi connectivity index (χ0) is 18.5. The fraction of sp³-hybridized carbons (Fsp3) is 0.579. The monoisotopic (exact) mass is 379 g/mol. The lowest BCUT2D eigenvalue weighted by Crippen LogP contribution is -2.53. The Morgan fingerprint density at radius 1 is 1.19 bits per heavy atom. The third kappa shape index (κ3) is 4.69. The van der Waals surface area contributed by atoms with Crippen molar-refractivity contribution in [1.29, 1.82) is 0 Å². The van der Waals surface area contributed by atoms with E-state index < -0.39 is 0 Å². The van der Waals surface area contributed by atoms with Crippen molar-refractivity contribution < 1.29 is 14.0 Å². The fourth-order valence-electron chi connectivity index (χ4n) is 3.30. The number of thioether (sulfide) groups is 1. The van der Waals surface area contributed by atoms with Crippen LogP contribution in [0.2, 0.25) is 0 Å². The molecule has 1 unspecified atom stereocenters. The van der Waals surface area contributed by atoms with E-state index in [0.29, 0.717) is 49.1 Å². The van der Waals surface area contributed by atoms with Gasteiger partial charge in [0, 0.05) is 43.5 Å². The van der Waals surface area contributed by atoms with Crippen molar-refractivity contribution in [3.63, 3.8) is 0 Å². The summed E-state index contributed by atoms with van der Waals surface area (Å²) in [5.41, 5.74) is 0.888. The summed E-state index contributed by atoms with van der Waals surface area (Å²) in [6, 6.07) is 4.51. The van der Waals surface area contributed by atoms with Gasteiger partial charge in [-0.2, -0.15) is 11.8 Å². The number of benzene rings is 1. The predicted molar refractivity (Wildman–Crippen MR) is 102 cm³/mol. The highest BCUT2D eigenvalue weighted by Crippen LogP contribution is 2.24. The number of hydrogen-bond donors (Lipinski definition) is 1. The molecule has 2 heterocycles.